The average molecular weight is 522 g/mol. The highest BCUT2D eigenvalue weighted by Gasteiger charge is 2.37. The maximum atomic E-state index is 13.6. The first-order valence-electron chi connectivity index (χ1n) is 10.6. The van der Waals surface area contributed by atoms with Crippen molar-refractivity contribution in [2.75, 3.05) is 19.0 Å². The van der Waals surface area contributed by atoms with E-state index in [1.165, 1.54) is 7.05 Å². The maximum absolute atomic E-state index is 13.6. The Morgan fingerprint density at radius 3 is 2.31 bits per heavy atom. The summed E-state index contributed by atoms with van der Waals surface area (Å²) >= 11 is 0. The van der Waals surface area contributed by atoms with Crippen molar-refractivity contribution in [3.63, 3.8) is 0 Å². The van der Waals surface area contributed by atoms with E-state index in [4.69, 9.17) is 4.74 Å². The lowest BCUT2D eigenvalue weighted by Gasteiger charge is -2.16. The standard InChI is InChI=1S/C21H25F6N5O2Si/c1-28-17-15-6-5-13(20(22,23)24)9-16(15)32(19(33)30-17)11-14-10-31(18(29-14)21(25,26)27)12-34-7-8-35(2,3)4/h5-6,9-10H,7-8,11-12H2,1-4H3,(H,28,30,33). The molecule has 0 atom stereocenters. The molecule has 2 heterocycles. The van der Waals surface area contributed by atoms with Gasteiger partial charge in [-0.15, -0.1) is 0 Å². The molecule has 0 amide bonds. The molecule has 0 aliphatic heterocycles. The van der Waals surface area contributed by atoms with Crippen molar-refractivity contribution in [1.29, 1.82) is 0 Å². The molecule has 0 radical (unpaired) electrons. The minimum atomic E-state index is -4.80. The molecule has 3 aromatic rings. The Morgan fingerprint density at radius 2 is 1.74 bits per heavy atom. The van der Waals surface area contributed by atoms with Gasteiger partial charge in [-0.2, -0.15) is 31.3 Å². The molecule has 0 saturated heterocycles. The molecule has 3 rings (SSSR count). The van der Waals surface area contributed by atoms with E-state index in [1.807, 2.05) is 0 Å². The van der Waals surface area contributed by atoms with Gasteiger partial charge >= 0.3 is 18.0 Å². The zero-order valence-electron chi connectivity index (χ0n) is 19.5. The van der Waals surface area contributed by atoms with Crippen molar-refractivity contribution < 1.29 is 31.1 Å². The Kier molecular flexibility index (Phi) is 7.36. The Bertz CT molecular complexity index is 1260. The summed E-state index contributed by atoms with van der Waals surface area (Å²) in [5.41, 5.74) is -2.26. The van der Waals surface area contributed by atoms with Gasteiger partial charge in [0.25, 0.3) is 0 Å². The molecule has 14 heteroatoms. The zero-order valence-corrected chi connectivity index (χ0v) is 20.5. The molecule has 0 aliphatic rings. The monoisotopic (exact) mass is 521 g/mol. The molecule has 0 spiro atoms. The van der Waals surface area contributed by atoms with E-state index in [1.54, 1.807) is 0 Å². The van der Waals surface area contributed by atoms with E-state index < -0.39 is 50.8 Å². The summed E-state index contributed by atoms with van der Waals surface area (Å²) in [6.45, 7) is 5.67. The normalized spacial score (nSPS) is 13.0. The molecule has 192 valence electrons. The van der Waals surface area contributed by atoms with Crippen LogP contribution in [0.4, 0.5) is 32.2 Å². The molecular formula is C21H25F6N5O2Si. The van der Waals surface area contributed by atoms with Crippen LogP contribution in [0.15, 0.2) is 29.2 Å². The Hall–Kier alpha value is -2.87. The number of alkyl halides is 6. The van der Waals surface area contributed by atoms with Gasteiger partial charge in [-0.05, 0) is 24.2 Å². The summed E-state index contributed by atoms with van der Waals surface area (Å²) in [7, 11) is -0.00517. The number of rotatable bonds is 8. The number of nitrogens with zero attached hydrogens (tertiary/aromatic N) is 4. The number of hydrogen-bond acceptors (Lipinski definition) is 5. The summed E-state index contributed by atoms with van der Waals surface area (Å²) in [4.78, 5) is 20.0. The fourth-order valence-corrected chi connectivity index (χ4v) is 4.13. The van der Waals surface area contributed by atoms with Crippen LogP contribution in [-0.2, 0) is 30.4 Å². The van der Waals surface area contributed by atoms with Gasteiger partial charge in [-0.3, -0.25) is 4.57 Å². The van der Waals surface area contributed by atoms with Gasteiger partial charge in [-0.25, -0.2) is 9.78 Å². The van der Waals surface area contributed by atoms with Gasteiger partial charge < -0.3 is 14.6 Å². The summed E-state index contributed by atoms with van der Waals surface area (Å²) in [6.07, 6.45) is -8.41. The fourth-order valence-electron chi connectivity index (χ4n) is 3.37. The Balaban J connectivity index is 2.02. The molecule has 0 unspecified atom stereocenters. The molecule has 7 nitrogen and oxygen atoms in total. The number of benzene rings is 1. The predicted molar refractivity (Wildman–Crippen MR) is 121 cm³/mol. The van der Waals surface area contributed by atoms with Crippen molar-refractivity contribution in [2.45, 2.75) is 51.3 Å². The van der Waals surface area contributed by atoms with Crippen LogP contribution < -0.4 is 11.0 Å². The molecule has 35 heavy (non-hydrogen) atoms. The second-order valence-electron chi connectivity index (χ2n) is 9.18. The number of hydrogen-bond donors (Lipinski definition) is 1. The van der Waals surface area contributed by atoms with Crippen molar-refractivity contribution in [3.8, 4) is 0 Å². The first kappa shape index (κ1) is 26.7. The topological polar surface area (TPSA) is 74.0 Å². The number of halogens is 6. The van der Waals surface area contributed by atoms with Gasteiger partial charge in [0, 0.05) is 33.3 Å². The van der Waals surface area contributed by atoms with Gasteiger partial charge in [0.05, 0.1) is 23.3 Å². The average Bonchev–Trinajstić information content (AvgIpc) is 3.14. The largest absolute Gasteiger partial charge is 0.449 e. The highest BCUT2D eigenvalue weighted by Crippen LogP contribution is 2.33. The summed E-state index contributed by atoms with van der Waals surface area (Å²) in [5.74, 6) is -1.18. The van der Waals surface area contributed by atoms with E-state index in [2.05, 4.69) is 34.9 Å². The second-order valence-corrected chi connectivity index (χ2v) is 14.8. The molecule has 0 saturated carbocycles. The first-order chi connectivity index (χ1) is 16.1. The van der Waals surface area contributed by atoms with Gasteiger partial charge in [-0.1, -0.05) is 19.6 Å². The third-order valence-corrected chi connectivity index (χ3v) is 6.88. The molecular weight excluding hydrogens is 496 g/mol. The third kappa shape index (κ3) is 6.42. The summed E-state index contributed by atoms with van der Waals surface area (Å²) in [5, 5.41) is 2.84. The van der Waals surface area contributed by atoms with E-state index in [0.29, 0.717) is 0 Å². The van der Waals surface area contributed by atoms with Crippen molar-refractivity contribution in [1.82, 2.24) is 19.1 Å². The van der Waals surface area contributed by atoms with E-state index in [9.17, 15) is 31.1 Å². The molecule has 0 bridgehead atoms. The quantitative estimate of drug-likeness (QED) is 0.256. The highest BCUT2D eigenvalue weighted by atomic mass is 28.3. The summed E-state index contributed by atoms with van der Waals surface area (Å²) in [6, 6.07) is 3.51. The molecule has 2 aromatic heterocycles. The molecule has 0 fully saturated rings. The van der Waals surface area contributed by atoms with Crippen LogP contribution in [0.3, 0.4) is 0 Å². The minimum Gasteiger partial charge on any atom is -0.372 e. The zero-order chi connectivity index (χ0) is 26.2. The number of aromatic nitrogens is 4. The van der Waals surface area contributed by atoms with Gasteiger partial charge in [0.1, 0.15) is 12.5 Å². The minimum absolute atomic E-state index is 0.0484. The predicted octanol–water partition coefficient (Wildman–Crippen LogP) is 5.03. The van der Waals surface area contributed by atoms with Crippen LogP contribution in [0.25, 0.3) is 10.9 Å². The van der Waals surface area contributed by atoms with Crippen molar-refractivity contribution in [3.05, 3.63) is 52.0 Å². The van der Waals surface area contributed by atoms with Crippen LogP contribution in [-0.4, -0.2) is 40.8 Å². The lowest BCUT2D eigenvalue weighted by molar-refractivity contribution is -0.149. The van der Waals surface area contributed by atoms with E-state index >= 15 is 0 Å². The van der Waals surface area contributed by atoms with Crippen LogP contribution in [0, 0.1) is 0 Å². The number of ether oxygens (including phenoxy) is 1. The number of imidazole rings is 1. The van der Waals surface area contributed by atoms with Crippen molar-refractivity contribution in [2.24, 2.45) is 0 Å². The van der Waals surface area contributed by atoms with Crippen LogP contribution >= 0.6 is 0 Å². The van der Waals surface area contributed by atoms with Gasteiger partial charge in [0.2, 0.25) is 5.82 Å². The second kappa shape index (κ2) is 9.64. The first-order valence-corrected chi connectivity index (χ1v) is 14.3. The van der Waals surface area contributed by atoms with Crippen LogP contribution in [0.5, 0.6) is 0 Å². The van der Waals surface area contributed by atoms with Gasteiger partial charge in [0.15, 0.2) is 0 Å². The third-order valence-electron chi connectivity index (χ3n) is 5.17. The lowest BCUT2D eigenvalue weighted by Crippen LogP contribution is -2.25. The Labute approximate surface area is 197 Å². The molecule has 0 aliphatic carbocycles. The van der Waals surface area contributed by atoms with E-state index in [-0.39, 0.29) is 29.0 Å². The van der Waals surface area contributed by atoms with Crippen molar-refractivity contribution >= 4 is 24.8 Å². The smallest absolute Gasteiger partial charge is 0.372 e. The maximum Gasteiger partial charge on any atom is 0.449 e. The van der Waals surface area contributed by atoms with Crippen LogP contribution in [0.2, 0.25) is 25.7 Å². The Morgan fingerprint density at radius 1 is 1.06 bits per heavy atom. The van der Waals surface area contributed by atoms with Crippen LogP contribution in [0.1, 0.15) is 17.1 Å². The number of anilines is 1. The number of nitrogens with one attached hydrogen (secondary N) is 1. The highest BCUT2D eigenvalue weighted by molar-refractivity contribution is 6.76. The van der Waals surface area contributed by atoms with E-state index in [0.717, 1.165) is 39.6 Å². The molecule has 1 N–H and O–H groups in total. The fraction of sp³-hybridized carbons (Fsp3) is 0.476. The summed E-state index contributed by atoms with van der Waals surface area (Å²) < 4.78 is 87.7. The lowest BCUT2D eigenvalue weighted by atomic mass is 10.1. The SMILES string of the molecule is CNc1nc(=O)n(Cc2cn(COCC[Si](C)(C)C)c(C(F)(F)F)n2)c2cc(C(F)(F)F)ccc12. The number of fused-ring (bicyclic) bond motifs is 1. The molecule has 1 aromatic carbocycles.